The number of imidazole rings is 1. The first-order valence-electron chi connectivity index (χ1n) is 7.27. The van der Waals surface area contributed by atoms with E-state index in [2.05, 4.69) is 4.98 Å². The van der Waals surface area contributed by atoms with Crippen LogP contribution in [-0.2, 0) is 0 Å². The largest absolute Gasteiger partial charge is 0.269 e. The summed E-state index contributed by atoms with van der Waals surface area (Å²) in [6.45, 7) is 2.02. The number of benzene rings is 2. The van der Waals surface area contributed by atoms with E-state index in [-0.39, 0.29) is 11.7 Å². The van der Waals surface area contributed by atoms with E-state index >= 15 is 0 Å². The van der Waals surface area contributed by atoms with Crippen molar-refractivity contribution in [2.45, 2.75) is 12.1 Å². The molecule has 116 valence electrons. The molecule has 2 aromatic carbocycles. The van der Waals surface area contributed by atoms with Crippen molar-refractivity contribution < 1.29 is 9.18 Å². The lowest BCUT2D eigenvalue weighted by Crippen LogP contribution is -2.08. The Morgan fingerprint density at radius 3 is 2.70 bits per heavy atom. The summed E-state index contributed by atoms with van der Waals surface area (Å²) in [6.07, 6.45) is 3.16. The molecular formula is C18H15FN2OS. The molecule has 0 radical (unpaired) electrons. The van der Waals surface area contributed by atoms with E-state index in [9.17, 15) is 9.18 Å². The van der Waals surface area contributed by atoms with Crippen LogP contribution in [0.3, 0.4) is 0 Å². The number of carbonyl (C=O) groups is 1. The van der Waals surface area contributed by atoms with E-state index in [1.807, 2.05) is 31.2 Å². The maximum absolute atomic E-state index is 12.9. The second-order valence-electron chi connectivity index (χ2n) is 4.87. The number of fused-ring (bicyclic) bond motifs is 1. The molecule has 0 saturated heterocycles. The smallest absolute Gasteiger partial charge is 0.257 e. The molecule has 0 aliphatic carbocycles. The number of nitrogens with zero attached hydrogens (tertiary/aromatic N) is 2. The maximum Gasteiger partial charge on any atom is 0.257 e. The molecule has 5 heteroatoms. The van der Waals surface area contributed by atoms with Crippen molar-refractivity contribution in [3.63, 3.8) is 0 Å². The Morgan fingerprint density at radius 2 is 1.96 bits per heavy atom. The van der Waals surface area contributed by atoms with Crippen LogP contribution in [0.2, 0.25) is 0 Å². The molecule has 0 aliphatic heterocycles. The predicted molar refractivity (Wildman–Crippen MR) is 92.2 cm³/mol. The fourth-order valence-corrected chi connectivity index (χ4v) is 3.00. The van der Waals surface area contributed by atoms with Gasteiger partial charge in [0.05, 0.1) is 11.0 Å². The highest BCUT2D eigenvalue weighted by molar-refractivity contribution is 7.99. The van der Waals surface area contributed by atoms with Crippen LogP contribution < -0.4 is 0 Å². The molecule has 23 heavy (non-hydrogen) atoms. The summed E-state index contributed by atoms with van der Waals surface area (Å²) >= 11 is 1.53. The molecule has 0 fully saturated rings. The number of allylic oxidation sites excluding steroid dienone is 1. The molecule has 0 spiro atoms. The lowest BCUT2D eigenvalue weighted by atomic mass is 10.2. The number of carbonyl (C=O) groups excluding carboxylic acids is 1. The predicted octanol–water partition coefficient (Wildman–Crippen LogP) is 4.64. The minimum Gasteiger partial charge on any atom is -0.269 e. The molecule has 3 nitrogen and oxygen atoms in total. The Labute approximate surface area is 137 Å². The number of rotatable bonds is 4. The normalized spacial score (nSPS) is 11.4. The lowest BCUT2D eigenvalue weighted by molar-refractivity contribution is 0.0965. The molecular weight excluding hydrogens is 311 g/mol. The molecule has 3 rings (SSSR count). The third kappa shape index (κ3) is 3.35. The first-order valence-corrected chi connectivity index (χ1v) is 8.26. The minimum atomic E-state index is -0.296. The van der Waals surface area contributed by atoms with Gasteiger partial charge in [-0.2, -0.15) is 0 Å². The maximum atomic E-state index is 12.9. The van der Waals surface area contributed by atoms with Crippen LogP contribution in [0.25, 0.3) is 17.1 Å². The summed E-state index contributed by atoms with van der Waals surface area (Å²) in [5, 5.41) is 0.683. The fourth-order valence-electron chi connectivity index (χ4n) is 2.26. The van der Waals surface area contributed by atoms with Crippen LogP contribution >= 0.6 is 11.8 Å². The summed E-state index contributed by atoms with van der Waals surface area (Å²) in [5.41, 5.74) is 2.36. The number of halogens is 1. The Morgan fingerprint density at radius 1 is 1.22 bits per heavy atom. The van der Waals surface area contributed by atoms with Crippen LogP contribution in [0.5, 0.6) is 0 Å². The topological polar surface area (TPSA) is 34.9 Å². The molecule has 0 bridgehead atoms. The Balaban J connectivity index is 1.96. The number of thioether (sulfide) groups is 1. The third-order valence-corrected chi connectivity index (χ3v) is 4.13. The van der Waals surface area contributed by atoms with Gasteiger partial charge >= 0.3 is 0 Å². The molecule has 1 aromatic heterocycles. The monoisotopic (exact) mass is 326 g/mol. The second-order valence-corrected chi connectivity index (χ2v) is 6.11. The zero-order valence-electron chi connectivity index (χ0n) is 12.6. The van der Waals surface area contributed by atoms with Gasteiger partial charge in [0.25, 0.3) is 5.91 Å². The van der Waals surface area contributed by atoms with Crippen molar-refractivity contribution >= 4 is 34.8 Å². The van der Waals surface area contributed by atoms with Gasteiger partial charge in [-0.15, -0.1) is 0 Å². The summed E-state index contributed by atoms with van der Waals surface area (Å²) < 4.78 is 14.5. The zero-order chi connectivity index (χ0) is 16.2. The third-order valence-electron chi connectivity index (χ3n) is 3.31. The zero-order valence-corrected chi connectivity index (χ0v) is 13.4. The van der Waals surface area contributed by atoms with Crippen molar-refractivity contribution in [1.29, 1.82) is 0 Å². The molecule has 0 N–H and O–H groups in total. The molecule has 0 aliphatic rings. The summed E-state index contributed by atoms with van der Waals surface area (Å²) in [5.74, 6) is 0.368. The van der Waals surface area contributed by atoms with Crippen molar-refractivity contribution in [3.8, 4) is 0 Å². The van der Waals surface area contributed by atoms with Crippen molar-refractivity contribution in [1.82, 2.24) is 9.55 Å². The van der Waals surface area contributed by atoms with Gasteiger partial charge in [-0.05, 0) is 41.7 Å². The Hall–Kier alpha value is -2.40. The first kappa shape index (κ1) is 15.5. The number of para-hydroxylation sites is 2. The average molecular weight is 326 g/mol. The Bertz CT molecular complexity index is 868. The van der Waals surface area contributed by atoms with Gasteiger partial charge in [-0.1, -0.05) is 43.0 Å². The van der Waals surface area contributed by atoms with E-state index < -0.39 is 0 Å². The van der Waals surface area contributed by atoms with E-state index in [0.717, 1.165) is 22.3 Å². The van der Waals surface area contributed by atoms with Gasteiger partial charge in [0.2, 0.25) is 0 Å². The van der Waals surface area contributed by atoms with Gasteiger partial charge in [0.1, 0.15) is 5.82 Å². The quantitative estimate of drug-likeness (QED) is 0.517. The minimum absolute atomic E-state index is 0.168. The van der Waals surface area contributed by atoms with Crippen molar-refractivity contribution in [3.05, 3.63) is 66.0 Å². The van der Waals surface area contributed by atoms with Crippen LogP contribution in [-0.4, -0.2) is 21.2 Å². The van der Waals surface area contributed by atoms with Gasteiger partial charge in [-0.3, -0.25) is 9.36 Å². The van der Waals surface area contributed by atoms with Gasteiger partial charge < -0.3 is 0 Å². The fraction of sp³-hybridized carbons (Fsp3) is 0.111. The molecule has 0 unspecified atom stereocenters. The van der Waals surface area contributed by atoms with Gasteiger partial charge in [0, 0.05) is 6.08 Å². The highest BCUT2D eigenvalue weighted by Gasteiger charge is 2.14. The SMILES string of the molecule is CCSc1nc2ccccc2n1C(=O)C=Cc1ccc(F)cc1. The molecule has 0 amide bonds. The van der Waals surface area contributed by atoms with E-state index in [4.69, 9.17) is 0 Å². The highest BCUT2D eigenvalue weighted by atomic mass is 32.2. The second kappa shape index (κ2) is 6.79. The van der Waals surface area contributed by atoms with E-state index in [1.165, 1.54) is 30.0 Å². The number of hydrogen-bond acceptors (Lipinski definition) is 3. The van der Waals surface area contributed by atoms with E-state index in [0.29, 0.717) is 5.16 Å². The summed E-state index contributed by atoms with van der Waals surface area (Å²) in [7, 11) is 0. The summed E-state index contributed by atoms with van der Waals surface area (Å²) in [4.78, 5) is 17.1. The highest BCUT2D eigenvalue weighted by Crippen LogP contribution is 2.24. The first-order chi connectivity index (χ1) is 11.2. The van der Waals surface area contributed by atoms with E-state index in [1.54, 1.807) is 22.8 Å². The standard InChI is InChI=1S/C18H15FN2OS/c1-2-23-18-20-15-5-3-4-6-16(15)21(18)17(22)12-9-13-7-10-14(19)11-8-13/h3-12H,2H2,1H3. The molecule has 1 heterocycles. The van der Waals surface area contributed by atoms with Crippen molar-refractivity contribution in [2.75, 3.05) is 5.75 Å². The summed E-state index contributed by atoms with van der Waals surface area (Å²) in [6, 6.07) is 13.6. The lowest BCUT2D eigenvalue weighted by Gasteiger charge is -2.03. The molecule has 0 saturated carbocycles. The number of hydrogen-bond donors (Lipinski definition) is 0. The average Bonchev–Trinajstić information content (AvgIpc) is 2.92. The Kier molecular flexibility index (Phi) is 4.57. The van der Waals surface area contributed by atoms with Crippen LogP contribution in [0.4, 0.5) is 4.39 Å². The molecule has 0 atom stereocenters. The molecule has 3 aromatic rings. The van der Waals surface area contributed by atoms with Gasteiger partial charge in [0.15, 0.2) is 5.16 Å². The van der Waals surface area contributed by atoms with Crippen LogP contribution in [0, 0.1) is 5.82 Å². The van der Waals surface area contributed by atoms with Gasteiger partial charge in [-0.25, -0.2) is 9.37 Å². The van der Waals surface area contributed by atoms with Crippen molar-refractivity contribution in [2.24, 2.45) is 0 Å². The van der Waals surface area contributed by atoms with Crippen LogP contribution in [0.15, 0.2) is 59.8 Å². The number of aromatic nitrogens is 2. The van der Waals surface area contributed by atoms with Crippen LogP contribution in [0.1, 0.15) is 17.3 Å².